The van der Waals surface area contributed by atoms with E-state index in [-0.39, 0.29) is 0 Å². The van der Waals surface area contributed by atoms with E-state index in [1.54, 1.807) is 0 Å². The van der Waals surface area contributed by atoms with Crippen LogP contribution in [0.25, 0.3) is 0 Å². The molecule has 0 bridgehead atoms. The second kappa shape index (κ2) is 2.78. The van der Waals surface area contributed by atoms with E-state index < -0.39 is 0 Å². The Bertz CT molecular complexity index is 161. The molecule has 1 aliphatic heterocycles. The average Bonchev–Trinajstić information content (AvgIpc) is 2.04. The van der Waals surface area contributed by atoms with Gasteiger partial charge in [-0.05, 0) is 6.42 Å². The number of hydrogen-bond donors (Lipinski definition) is 0. The zero-order valence-corrected chi connectivity index (χ0v) is 6.67. The molecule has 56 valence electrons. The van der Waals surface area contributed by atoms with E-state index in [0.717, 1.165) is 18.8 Å². The number of hydrogen-bond acceptors (Lipinski definition) is 2. The molecule has 0 aromatic rings. The molecule has 2 heteroatoms. The molecular weight excluding hydrogens is 124 g/mol. The van der Waals surface area contributed by atoms with E-state index in [4.69, 9.17) is 0 Å². The highest BCUT2D eigenvalue weighted by Gasteiger charge is 2.06. The van der Waals surface area contributed by atoms with E-state index in [9.17, 15) is 0 Å². The summed E-state index contributed by atoms with van der Waals surface area (Å²) in [5, 5.41) is 0. The highest BCUT2D eigenvalue weighted by atomic mass is 15.3. The molecule has 0 aromatic carbocycles. The molecule has 0 atom stereocenters. The Labute approximate surface area is 62.4 Å². The molecule has 2 nitrogen and oxygen atoms in total. The minimum atomic E-state index is 1.06. The van der Waals surface area contributed by atoms with E-state index >= 15 is 0 Å². The van der Waals surface area contributed by atoms with Crippen molar-refractivity contribution in [1.82, 2.24) is 9.80 Å². The van der Waals surface area contributed by atoms with Gasteiger partial charge in [-0.15, -0.1) is 0 Å². The minimum absolute atomic E-state index is 1.06. The predicted octanol–water partition coefficient (Wildman–Crippen LogP) is 1.24. The monoisotopic (exact) mass is 138 g/mol. The molecule has 0 amide bonds. The molecule has 10 heavy (non-hydrogen) atoms. The Hall–Kier alpha value is -0.920. The van der Waals surface area contributed by atoms with Crippen LogP contribution < -0.4 is 0 Å². The number of rotatable bonds is 0. The lowest BCUT2D eigenvalue weighted by atomic mass is 10.4. The normalized spacial score (nSPS) is 19.6. The standard InChI is InChI=1S/C8H14N2/c1-8-9(2)6-4-5-7-10(8)3/h4,6H,1,5,7H2,2-3H3. The lowest BCUT2D eigenvalue weighted by Gasteiger charge is -2.24. The van der Waals surface area contributed by atoms with Crippen molar-refractivity contribution in [2.75, 3.05) is 20.6 Å². The fourth-order valence-corrected chi connectivity index (χ4v) is 0.985. The first kappa shape index (κ1) is 7.19. The Balaban J connectivity index is 2.67. The van der Waals surface area contributed by atoms with Gasteiger partial charge >= 0.3 is 0 Å². The topological polar surface area (TPSA) is 6.48 Å². The molecule has 0 aromatic heterocycles. The van der Waals surface area contributed by atoms with Gasteiger partial charge in [-0.3, -0.25) is 0 Å². The first-order valence-electron chi connectivity index (χ1n) is 3.51. The molecule has 1 rings (SSSR count). The van der Waals surface area contributed by atoms with Crippen molar-refractivity contribution < 1.29 is 0 Å². The van der Waals surface area contributed by atoms with Gasteiger partial charge in [0.1, 0.15) is 0 Å². The Morgan fingerprint density at radius 3 is 2.90 bits per heavy atom. The van der Waals surface area contributed by atoms with Gasteiger partial charge in [-0.1, -0.05) is 12.7 Å². The van der Waals surface area contributed by atoms with Gasteiger partial charge in [-0.25, -0.2) is 0 Å². The van der Waals surface area contributed by atoms with Gasteiger partial charge in [0.05, 0.1) is 5.82 Å². The van der Waals surface area contributed by atoms with Crippen LogP contribution in [0.4, 0.5) is 0 Å². The lowest BCUT2D eigenvalue weighted by molar-refractivity contribution is 0.336. The third-order valence-corrected chi connectivity index (χ3v) is 1.81. The summed E-state index contributed by atoms with van der Waals surface area (Å²) in [6.07, 6.45) is 5.33. The van der Waals surface area contributed by atoms with Crippen LogP contribution in [0.15, 0.2) is 24.7 Å². The summed E-state index contributed by atoms with van der Waals surface area (Å²) in [5.74, 6) is 1.06. The molecule has 0 fully saturated rings. The van der Waals surface area contributed by atoms with E-state index in [1.165, 1.54) is 0 Å². The number of nitrogens with zero attached hydrogens (tertiary/aromatic N) is 2. The Morgan fingerprint density at radius 2 is 2.20 bits per heavy atom. The van der Waals surface area contributed by atoms with Crippen LogP contribution in [0.1, 0.15) is 6.42 Å². The van der Waals surface area contributed by atoms with Crippen molar-refractivity contribution in [1.29, 1.82) is 0 Å². The van der Waals surface area contributed by atoms with E-state index in [0.29, 0.717) is 0 Å². The maximum absolute atomic E-state index is 3.94. The third kappa shape index (κ3) is 1.32. The van der Waals surface area contributed by atoms with Gasteiger partial charge in [0.25, 0.3) is 0 Å². The molecule has 0 N–H and O–H groups in total. The Morgan fingerprint density at radius 1 is 1.50 bits per heavy atom. The van der Waals surface area contributed by atoms with Crippen LogP contribution in [0.5, 0.6) is 0 Å². The second-order valence-electron chi connectivity index (χ2n) is 2.62. The first-order valence-corrected chi connectivity index (χ1v) is 3.51. The van der Waals surface area contributed by atoms with Gasteiger partial charge in [0, 0.05) is 26.8 Å². The van der Waals surface area contributed by atoms with Crippen molar-refractivity contribution in [3.05, 3.63) is 24.7 Å². The molecule has 0 spiro atoms. The van der Waals surface area contributed by atoms with Crippen molar-refractivity contribution in [3.8, 4) is 0 Å². The predicted molar refractivity (Wildman–Crippen MR) is 43.3 cm³/mol. The van der Waals surface area contributed by atoms with Crippen molar-refractivity contribution in [2.24, 2.45) is 0 Å². The van der Waals surface area contributed by atoms with Crippen molar-refractivity contribution in [3.63, 3.8) is 0 Å². The largest absolute Gasteiger partial charge is 0.361 e. The summed E-state index contributed by atoms with van der Waals surface area (Å²) < 4.78 is 0. The third-order valence-electron chi connectivity index (χ3n) is 1.81. The molecule has 1 heterocycles. The molecule has 1 aliphatic rings. The van der Waals surface area contributed by atoms with Gasteiger partial charge < -0.3 is 9.80 Å². The average molecular weight is 138 g/mol. The van der Waals surface area contributed by atoms with Gasteiger partial charge in [0.15, 0.2) is 0 Å². The van der Waals surface area contributed by atoms with Crippen LogP contribution in [0, 0.1) is 0 Å². The van der Waals surface area contributed by atoms with Crippen molar-refractivity contribution in [2.45, 2.75) is 6.42 Å². The molecule has 0 unspecified atom stereocenters. The van der Waals surface area contributed by atoms with Crippen LogP contribution in [-0.4, -0.2) is 30.4 Å². The van der Waals surface area contributed by atoms with Crippen LogP contribution in [0.3, 0.4) is 0 Å². The maximum atomic E-state index is 3.94. The summed E-state index contributed by atoms with van der Waals surface area (Å²) in [6, 6.07) is 0. The van der Waals surface area contributed by atoms with Crippen LogP contribution >= 0.6 is 0 Å². The fraction of sp³-hybridized carbons (Fsp3) is 0.500. The SMILES string of the molecule is C=C1N(C)C=CCCN1C. The minimum Gasteiger partial charge on any atom is -0.361 e. The summed E-state index contributed by atoms with van der Waals surface area (Å²) in [7, 11) is 4.08. The van der Waals surface area contributed by atoms with Crippen LogP contribution in [-0.2, 0) is 0 Å². The van der Waals surface area contributed by atoms with E-state index in [2.05, 4.69) is 30.8 Å². The lowest BCUT2D eigenvalue weighted by Crippen LogP contribution is -2.25. The molecule has 0 aliphatic carbocycles. The summed E-state index contributed by atoms with van der Waals surface area (Å²) in [4.78, 5) is 4.19. The fourth-order valence-electron chi connectivity index (χ4n) is 0.985. The first-order chi connectivity index (χ1) is 4.72. The molecular formula is C8H14N2. The molecule has 0 saturated heterocycles. The molecule has 0 radical (unpaired) electrons. The summed E-state index contributed by atoms with van der Waals surface area (Å²) in [5.41, 5.74) is 0. The second-order valence-corrected chi connectivity index (χ2v) is 2.62. The quantitative estimate of drug-likeness (QED) is 0.497. The highest BCUT2D eigenvalue weighted by molar-refractivity contribution is 5.01. The molecule has 0 saturated carbocycles. The van der Waals surface area contributed by atoms with Crippen molar-refractivity contribution >= 4 is 0 Å². The zero-order valence-electron chi connectivity index (χ0n) is 6.67. The smallest absolute Gasteiger partial charge is 0.1000 e. The van der Waals surface area contributed by atoms with Gasteiger partial charge in [-0.2, -0.15) is 0 Å². The zero-order chi connectivity index (χ0) is 7.56. The van der Waals surface area contributed by atoms with Gasteiger partial charge in [0.2, 0.25) is 0 Å². The van der Waals surface area contributed by atoms with E-state index in [1.807, 2.05) is 11.9 Å². The van der Waals surface area contributed by atoms with Crippen LogP contribution in [0.2, 0.25) is 0 Å². The summed E-state index contributed by atoms with van der Waals surface area (Å²) >= 11 is 0. The maximum Gasteiger partial charge on any atom is 0.1000 e. The highest BCUT2D eigenvalue weighted by Crippen LogP contribution is 2.09. The summed E-state index contributed by atoms with van der Waals surface area (Å²) in [6.45, 7) is 5.01. The Kier molecular flexibility index (Phi) is 2.00.